The van der Waals surface area contributed by atoms with Crippen LogP contribution in [-0.4, -0.2) is 42.1 Å². The first-order chi connectivity index (χ1) is 7.91. The number of carboxylic acid groups (broad SMARTS) is 1. The Morgan fingerprint density at radius 1 is 1.35 bits per heavy atom. The molecule has 1 N–H and O–H groups in total. The maximum Gasteiger partial charge on any atom is 0.344 e. The zero-order chi connectivity index (χ0) is 13.0. The molecule has 1 unspecified atom stereocenters. The van der Waals surface area contributed by atoms with Gasteiger partial charge >= 0.3 is 5.97 Å². The van der Waals surface area contributed by atoms with E-state index in [4.69, 9.17) is 9.84 Å². The average Bonchev–Trinajstić information content (AvgIpc) is 2.28. The third kappa shape index (κ3) is 3.48. The monoisotopic (exact) mass is 237 g/mol. The minimum Gasteiger partial charge on any atom is -0.479 e. The highest BCUT2D eigenvalue weighted by Gasteiger charge is 2.14. The quantitative estimate of drug-likeness (QED) is 0.855. The Bertz CT molecular complexity index is 428. The number of ether oxygens (including phenoxy) is 1. The number of carbonyl (C=O) groups is 2. The molecule has 0 bridgehead atoms. The van der Waals surface area contributed by atoms with Crippen LogP contribution in [0.2, 0.25) is 0 Å². The van der Waals surface area contributed by atoms with Crippen LogP contribution in [0, 0.1) is 0 Å². The summed E-state index contributed by atoms with van der Waals surface area (Å²) in [5, 5.41) is 8.71. The van der Waals surface area contributed by atoms with Crippen LogP contribution in [-0.2, 0) is 4.79 Å². The topological polar surface area (TPSA) is 66.8 Å². The molecule has 1 rings (SSSR count). The second-order valence-electron chi connectivity index (χ2n) is 3.83. The number of carbonyl (C=O) groups excluding carboxylic acids is 1. The molecule has 0 aromatic heterocycles. The summed E-state index contributed by atoms with van der Waals surface area (Å²) in [5.74, 6) is -0.833. The normalized spacial score (nSPS) is 11.7. The molecule has 0 spiro atoms. The van der Waals surface area contributed by atoms with Crippen LogP contribution in [0.4, 0.5) is 0 Å². The SMILES string of the molecule is CC(Oc1cccc(C(=O)N(C)C)c1)C(=O)O. The maximum atomic E-state index is 11.7. The van der Waals surface area contributed by atoms with Crippen LogP contribution in [0.1, 0.15) is 17.3 Å². The number of hydrogen-bond acceptors (Lipinski definition) is 3. The van der Waals surface area contributed by atoms with Crippen molar-refractivity contribution in [2.45, 2.75) is 13.0 Å². The van der Waals surface area contributed by atoms with Crippen molar-refractivity contribution in [3.8, 4) is 5.75 Å². The van der Waals surface area contributed by atoms with Crippen molar-refractivity contribution in [1.29, 1.82) is 0 Å². The minimum absolute atomic E-state index is 0.154. The van der Waals surface area contributed by atoms with Crippen molar-refractivity contribution in [3.05, 3.63) is 29.8 Å². The molecule has 5 heteroatoms. The Morgan fingerprint density at radius 2 is 2.00 bits per heavy atom. The van der Waals surface area contributed by atoms with E-state index in [9.17, 15) is 9.59 Å². The van der Waals surface area contributed by atoms with Crippen LogP contribution < -0.4 is 4.74 Å². The number of rotatable bonds is 4. The van der Waals surface area contributed by atoms with E-state index in [0.717, 1.165) is 0 Å². The summed E-state index contributed by atoms with van der Waals surface area (Å²) < 4.78 is 5.18. The van der Waals surface area contributed by atoms with E-state index in [1.165, 1.54) is 17.9 Å². The molecule has 1 amide bonds. The molecule has 1 atom stereocenters. The highest BCUT2D eigenvalue weighted by atomic mass is 16.5. The first kappa shape index (κ1) is 13.0. The molecule has 92 valence electrons. The third-order valence-electron chi connectivity index (χ3n) is 2.15. The van der Waals surface area contributed by atoms with E-state index in [-0.39, 0.29) is 5.91 Å². The number of aliphatic carboxylic acids is 1. The van der Waals surface area contributed by atoms with Crippen LogP contribution in [0.5, 0.6) is 5.75 Å². The van der Waals surface area contributed by atoms with E-state index < -0.39 is 12.1 Å². The van der Waals surface area contributed by atoms with Gasteiger partial charge in [-0.25, -0.2) is 4.79 Å². The fourth-order valence-corrected chi connectivity index (χ4v) is 1.22. The summed E-state index contributed by atoms with van der Waals surface area (Å²) in [5.41, 5.74) is 0.463. The second-order valence-corrected chi connectivity index (χ2v) is 3.83. The largest absolute Gasteiger partial charge is 0.479 e. The van der Waals surface area contributed by atoms with E-state index in [0.29, 0.717) is 11.3 Å². The zero-order valence-electron chi connectivity index (χ0n) is 10.0. The number of carboxylic acids is 1. The fraction of sp³-hybridized carbons (Fsp3) is 0.333. The van der Waals surface area contributed by atoms with Crippen molar-refractivity contribution < 1.29 is 19.4 Å². The van der Waals surface area contributed by atoms with Gasteiger partial charge in [0.05, 0.1) is 0 Å². The van der Waals surface area contributed by atoms with Gasteiger partial charge in [-0.15, -0.1) is 0 Å². The molecule has 1 aromatic carbocycles. The van der Waals surface area contributed by atoms with Gasteiger partial charge in [-0.1, -0.05) is 6.07 Å². The van der Waals surface area contributed by atoms with Crippen molar-refractivity contribution in [1.82, 2.24) is 4.90 Å². The van der Waals surface area contributed by atoms with Crippen molar-refractivity contribution in [2.75, 3.05) is 14.1 Å². The first-order valence-electron chi connectivity index (χ1n) is 5.13. The van der Waals surface area contributed by atoms with Crippen LogP contribution >= 0.6 is 0 Å². The van der Waals surface area contributed by atoms with Gasteiger partial charge in [-0.3, -0.25) is 4.79 Å². The van der Waals surface area contributed by atoms with Crippen LogP contribution in [0.25, 0.3) is 0 Å². The summed E-state index contributed by atoms with van der Waals surface area (Å²) >= 11 is 0. The standard InChI is InChI=1S/C12H15NO4/c1-8(12(15)16)17-10-6-4-5-9(7-10)11(14)13(2)3/h4-8H,1-3H3,(H,15,16). The molecule has 0 heterocycles. The molecule has 1 aromatic rings. The summed E-state index contributed by atoms with van der Waals surface area (Å²) in [4.78, 5) is 23.7. The number of amides is 1. The molecule has 0 aliphatic rings. The van der Waals surface area contributed by atoms with Gasteiger partial charge in [0.1, 0.15) is 5.75 Å². The molecule has 0 radical (unpaired) electrons. The van der Waals surface area contributed by atoms with Crippen molar-refractivity contribution in [3.63, 3.8) is 0 Å². The van der Waals surface area contributed by atoms with Gasteiger partial charge in [0, 0.05) is 19.7 Å². The van der Waals surface area contributed by atoms with E-state index in [1.54, 1.807) is 32.3 Å². The highest BCUT2D eigenvalue weighted by Crippen LogP contribution is 2.15. The third-order valence-corrected chi connectivity index (χ3v) is 2.15. The summed E-state index contributed by atoms with van der Waals surface area (Å²) in [6.07, 6.45) is -0.945. The number of benzene rings is 1. The molecule has 0 aliphatic heterocycles. The minimum atomic E-state index is -1.05. The molecule has 17 heavy (non-hydrogen) atoms. The van der Waals surface area contributed by atoms with Gasteiger partial charge in [0.25, 0.3) is 5.91 Å². The van der Waals surface area contributed by atoms with Crippen LogP contribution in [0.15, 0.2) is 24.3 Å². The Balaban J connectivity index is 2.86. The Kier molecular flexibility index (Phi) is 4.09. The van der Waals surface area contributed by atoms with Crippen molar-refractivity contribution >= 4 is 11.9 Å². The summed E-state index contributed by atoms with van der Waals surface area (Å²) in [6, 6.07) is 6.45. The summed E-state index contributed by atoms with van der Waals surface area (Å²) in [7, 11) is 3.30. The second kappa shape index (κ2) is 5.34. The Morgan fingerprint density at radius 3 is 2.53 bits per heavy atom. The number of hydrogen-bond donors (Lipinski definition) is 1. The molecular weight excluding hydrogens is 222 g/mol. The highest BCUT2D eigenvalue weighted by molar-refractivity contribution is 5.94. The number of nitrogens with zero attached hydrogens (tertiary/aromatic N) is 1. The molecule has 0 saturated carbocycles. The van der Waals surface area contributed by atoms with E-state index in [2.05, 4.69) is 0 Å². The van der Waals surface area contributed by atoms with Gasteiger partial charge in [0.2, 0.25) is 0 Å². The predicted octanol–water partition coefficient (Wildman–Crippen LogP) is 1.24. The fourth-order valence-electron chi connectivity index (χ4n) is 1.22. The molecule has 0 fully saturated rings. The molecule has 0 saturated heterocycles. The van der Waals surface area contributed by atoms with E-state index >= 15 is 0 Å². The molecule has 0 aliphatic carbocycles. The lowest BCUT2D eigenvalue weighted by atomic mass is 10.2. The smallest absolute Gasteiger partial charge is 0.344 e. The van der Waals surface area contributed by atoms with Gasteiger partial charge in [0.15, 0.2) is 6.10 Å². The average molecular weight is 237 g/mol. The molecule has 5 nitrogen and oxygen atoms in total. The first-order valence-corrected chi connectivity index (χ1v) is 5.13. The maximum absolute atomic E-state index is 11.7. The van der Waals surface area contributed by atoms with Crippen LogP contribution in [0.3, 0.4) is 0 Å². The van der Waals surface area contributed by atoms with Crippen molar-refractivity contribution in [2.24, 2.45) is 0 Å². The lowest BCUT2D eigenvalue weighted by molar-refractivity contribution is -0.144. The Hall–Kier alpha value is -2.04. The summed E-state index contributed by atoms with van der Waals surface area (Å²) in [6.45, 7) is 1.43. The predicted molar refractivity (Wildman–Crippen MR) is 62.2 cm³/mol. The Labute approximate surface area is 99.6 Å². The van der Waals surface area contributed by atoms with Gasteiger partial charge in [-0.05, 0) is 25.1 Å². The lowest BCUT2D eigenvalue weighted by Crippen LogP contribution is -2.24. The zero-order valence-corrected chi connectivity index (χ0v) is 10.0. The molecular formula is C12H15NO4. The lowest BCUT2D eigenvalue weighted by Gasteiger charge is -2.13. The van der Waals surface area contributed by atoms with Gasteiger partial charge < -0.3 is 14.7 Å². The van der Waals surface area contributed by atoms with E-state index in [1.807, 2.05) is 0 Å². The van der Waals surface area contributed by atoms with Gasteiger partial charge in [-0.2, -0.15) is 0 Å².